The molecule has 0 radical (unpaired) electrons. The van der Waals surface area contributed by atoms with Crippen LogP contribution in [0.3, 0.4) is 0 Å². The van der Waals surface area contributed by atoms with Crippen molar-refractivity contribution in [3.05, 3.63) is 17.2 Å². The van der Waals surface area contributed by atoms with Crippen molar-refractivity contribution in [1.29, 1.82) is 0 Å². The minimum absolute atomic E-state index is 0.507. The first-order chi connectivity index (χ1) is 6.68. The van der Waals surface area contributed by atoms with Crippen LogP contribution in [0.5, 0.6) is 0 Å². The molecule has 78 valence electrons. The lowest BCUT2D eigenvalue weighted by atomic mass is 9.97. The Balaban J connectivity index is 2.12. The van der Waals surface area contributed by atoms with Gasteiger partial charge in [0, 0.05) is 26.1 Å². The molecule has 2 heterocycles. The standard InChI is InChI=1S/C9H15ClN4/c1-13-8(10)6-12-9(13)7-2-4-14(11)5-3-7/h6-7H,2-5,11H2,1H3. The summed E-state index contributed by atoms with van der Waals surface area (Å²) >= 11 is 5.94. The van der Waals surface area contributed by atoms with Crippen LogP contribution in [0.15, 0.2) is 6.20 Å². The van der Waals surface area contributed by atoms with E-state index < -0.39 is 0 Å². The quantitative estimate of drug-likeness (QED) is 0.713. The highest BCUT2D eigenvalue weighted by molar-refractivity contribution is 6.29. The molecule has 2 rings (SSSR count). The highest BCUT2D eigenvalue weighted by Gasteiger charge is 2.22. The maximum absolute atomic E-state index is 5.94. The van der Waals surface area contributed by atoms with E-state index in [2.05, 4.69) is 4.98 Å². The highest BCUT2D eigenvalue weighted by atomic mass is 35.5. The maximum atomic E-state index is 5.94. The summed E-state index contributed by atoms with van der Waals surface area (Å²) in [5.74, 6) is 7.29. The number of imidazole rings is 1. The van der Waals surface area contributed by atoms with Gasteiger partial charge in [-0.1, -0.05) is 11.6 Å². The fourth-order valence-electron chi connectivity index (χ4n) is 1.94. The molecule has 4 nitrogen and oxygen atoms in total. The number of hydrogen-bond donors (Lipinski definition) is 1. The number of halogens is 1. The van der Waals surface area contributed by atoms with Gasteiger partial charge < -0.3 is 4.57 Å². The molecule has 14 heavy (non-hydrogen) atoms. The molecule has 1 fully saturated rings. The number of rotatable bonds is 1. The molecule has 2 N–H and O–H groups in total. The Morgan fingerprint density at radius 3 is 2.64 bits per heavy atom. The summed E-state index contributed by atoms with van der Waals surface area (Å²) < 4.78 is 1.96. The number of nitrogens with zero attached hydrogens (tertiary/aromatic N) is 3. The SMILES string of the molecule is Cn1c(Cl)cnc1C1CCN(N)CC1. The van der Waals surface area contributed by atoms with Gasteiger partial charge in [0.1, 0.15) is 11.0 Å². The van der Waals surface area contributed by atoms with Crippen molar-refractivity contribution in [1.82, 2.24) is 14.6 Å². The minimum atomic E-state index is 0.507. The summed E-state index contributed by atoms with van der Waals surface area (Å²) in [4.78, 5) is 4.34. The van der Waals surface area contributed by atoms with E-state index in [0.29, 0.717) is 11.1 Å². The van der Waals surface area contributed by atoms with Crippen molar-refractivity contribution >= 4 is 11.6 Å². The highest BCUT2D eigenvalue weighted by Crippen LogP contribution is 2.27. The van der Waals surface area contributed by atoms with Crippen LogP contribution in [0.25, 0.3) is 0 Å². The van der Waals surface area contributed by atoms with Crippen molar-refractivity contribution in [2.75, 3.05) is 13.1 Å². The number of nitrogens with two attached hydrogens (primary N) is 1. The van der Waals surface area contributed by atoms with E-state index in [9.17, 15) is 0 Å². The summed E-state index contributed by atoms with van der Waals surface area (Å²) in [6.07, 6.45) is 3.85. The molecular weight excluding hydrogens is 200 g/mol. The zero-order valence-electron chi connectivity index (χ0n) is 8.28. The van der Waals surface area contributed by atoms with E-state index in [1.165, 1.54) is 0 Å². The van der Waals surface area contributed by atoms with E-state index in [1.807, 2.05) is 16.6 Å². The molecule has 0 atom stereocenters. The molecular formula is C9H15ClN4. The Morgan fingerprint density at radius 2 is 2.14 bits per heavy atom. The minimum Gasteiger partial charge on any atom is -0.322 e. The van der Waals surface area contributed by atoms with Crippen molar-refractivity contribution < 1.29 is 0 Å². The third kappa shape index (κ3) is 1.78. The normalized spacial score (nSPS) is 20.2. The number of hydrazine groups is 1. The zero-order chi connectivity index (χ0) is 10.1. The van der Waals surface area contributed by atoms with Crippen LogP contribution in [0, 0.1) is 0 Å². The summed E-state index contributed by atoms with van der Waals surface area (Å²) in [5, 5.41) is 2.57. The molecule has 1 aliphatic heterocycles. The summed E-state index contributed by atoms with van der Waals surface area (Å²) in [5.41, 5.74) is 0. The maximum Gasteiger partial charge on any atom is 0.128 e. The third-order valence-electron chi connectivity index (χ3n) is 2.86. The van der Waals surface area contributed by atoms with E-state index in [1.54, 1.807) is 6.20 Å². The molecule has 0 saturated carbocycles. The predicted octanol–water partition coefficient (Wildman–Crippen LogP) is 1.13. The van der Waals surface area contributed by atoms with Crippen LogP contribution >= 0.6 is 11.6 Å². The topological polar surface area (TPSA) is 47.1 Å². The van der Waals surface area contributed by atoms with Crippen molar-refractivity contribution in [2.45, 2.75) is 18.8 Å². The monoisotopic (exact) mass is 214 g/mol. The Bertz CT molecular complexity index is 315. The van der Waals surface area contributed by atoms with E-state index in [0.717, 1.165) is 31.8 Å². The first kappa shape index (κ1) is 9.96. The fourth-order valence-corrected chi connectivity index (χ4v) is 2.07. The molecule has 0 unspecified atom stereocenters. The van der Waals surface area contributed by atoms with Crippen molar-refractivity contribution in [3.63, 3.8) is 0 Å². The average molecular weight is 215 g/mol. The second-order valence-electron chi connectivity index (χ2n) is 3.81. The number of piperidine rings is 1. The molecule has 5 heteroatoms. The van der Waals surface area contributed by atoms with E-state index in [4.69, 9.17) is 17.4 Å². The van der Waals surface area contributed by atoms with Crippen LogP contribution in [-0.2, 0) is 7.05 Å². The first-order valence-electron chi connectivity index (χ1n) is 4.85. The van der Waals surface area contributed by atoms with Crippen LogP contribution < -0.4 is 5.84 Å². The summed E-state index contributed by atoms with van der Waals surface area (Å²) in [7, 11) is 1.96. The Hall–Kier alpha value is -0.580. The van der Waals surface area contributed by atoms with E-state index >= 15 is 0 Å². The smallest absolute Gasteiger partial charge is 0.128 e. The van der Waals surface area contributed by atoms with Crippen LogP contribution in [-0.4, -0.2) is 27.6 Å². The van der Waals surface area contributed by atoms with Gasteiger partial charge in [-0.25, -0.2) is 9.99 Å². The molecule has 0 aromatic carbocycles. The van der Waals surface area contributed by atoms with Gasteiger partial charge in [-0.15, -0.1) is 0 Å². The van der Waals surface area contributed by atoms with Crippen LogP contribution in [0.1, 0.15) is 24.6 Å². The lowest BCUT2D eigenvalue weighted by molar-refractivity contribution is 0.213. The Kier molecular flexibility index (Phi) is 2.76. The van der Waals surface area contributed by atoms with Crippen molar-refractivity contribution in [2.24, 2.45) is 12.9 Å². The first-order valence-corrected chi connectivity index (χ1v) is 5.23. The van der Waals surface area contributed by atoms with Gasteiger partial charge in [0.2, 0.25) is 0 Å². The number of hydrogen-bond acceptors (Lipinski definition) is 3. The van der Waals surface area contributed by atoms with Gasteiger partial charge in [0.05, 0.1) is 6.20 Å². The predicted molar refractivity (Wildman–Crippen MR) is 56.0 cm³/mol. The Labute approximate surface area is 88.6 Å². The fraction of sp³-hybridized carbons (Fsp3) is 0.667. The van der Waals surface area contributed by atoms with Gasteiger partial charge in [0.25, 0.3) is 0 Å². The second kappa shape index (κ2) is 3.88. The lowest BCUT2D eigenvalue weighted by Crippen LogP contribution is -2.38. The lowest BCUT2D eigenvalue weighted by Gasteiger charge is -2.28. The third-order valence-corrected chi connectivity index (χ3v) is 3.21. The van der Waals surface area contributed by atoms with Gasteiger partial charge in [-0.2, -0.15) is 0 Å². The van der Waals surface area contributed by atoms with Gasteiger partial charge in [-0.3, -0.25) is 5.84 Å². The van der Waals surface area contributed by atoms with Crippen LogP contribution in [0.4, 0.5) is 0 Å². The average Bonchev–Trinajstić information content (AvgIpc) is 2.50. The zero-order valence-corrected chi connectivity index (χ0v) is 9.04. The molecule has 0 amide bonds. The molecule has 1 aliphatic rings. The number of aromatic nitrogens is 2. The van der Waals surface area contributed by atoms with Gasteiger partial charge in [0.15, 0.2) is 0 Å². The van der Waals surface area contributed by atoms with Crippen LogP contribution in [0.2, 0.25) is 5.15 Å². The van der Waals surface area contributed by atoms with E-state index in [-0.39, 0.29) is 0 Å². The molecule has 0 spiro atoms. The molecule has 0 aliphatic carbocycles. The molecule has 1 aromatic heterocycles. The molecule has 0 bridgehead atoms. The van der Waals surface area contributed by atoms with Gasteiger partial charge in [-0.05, 0) is 12.8 Å². The second-order valence-corrected chi connectivity index (χ2v) is 4.20. The summed E-state index contributed by atoms with van der Waals surface area (Å²) in [6.45, 7) is 1.88. The molecule has 1 aromatic rings. The van der Waals surface area contributed by atoms with Gasteiger partial charge >= 0.3 is 0 Å². The Morgan fingerprint density at radius 1 is 1.50 bits per heavy atom. The largest absolute Gasteiger partial charge is 0.322 e. The molecule has 1 saturated heterocycles. The summed E-state index contributed by atoms with van der Waals surface area (Å²) in [6, 6.07) is 0. The van der Waals surface area contributed by atoms with Crippen molar-refractivity contribution in [3.8, 4) is 0 Å².